The number of thiazole rings is 1. The first-order valence-electron chi connectivity index (χ1n) is 8.56. The standard InChI is InChI=1S/C21H24N2O3S/c1-6-13-26-19(25)18-14(2)22-20(27-18)23-17(24)12-9-15-7-10-16(11-8-15)21(3,4)5/h6-12H,1,13H2,2-5H3,(H,22,23,24). The fraction of sp³-hybridized carbons (Fsp3) is 0.286. The van der Waals surface area contributed by atoms with Crippen LogP contribution in [0.1, 0.15) is 47.3 Å². The fourth-order valence-corrected chi connectivity index (χ4v) is 3.12. The van der Waals surface area contributed by atoms with Gasteiger partial charge < -0.3 is 4.74 Å². The van der Waals surface area contributed by atoms with Gasteiger partial charge in [-0.05, 0) is 29.5 Å². The number of hydrogen-bond donors (Lipinski definition) is 1. The van der Waals surface area contributed by atoms with E-state index in [1.807, 2.05) is 12.1 Å². The van der Waals surface area contributed by atoms with Gasteiger partial charge in [0, 0.05) is 6.08 Å². The van der Waals surface area contributed by atoms with Crippen molar-refractivity contribution in [3.05, 3.63) is 64.7 Å². The summed E-state index contributed by atoms with van der Waals surface area (Å²) in [5.74, 6) is -0.783. The highest BCUT2D eigenvalue weighted by Gasteiger charge is 2.17. The minimum absolute atomic E-state index is 0.0901. The molecule has 1 aromatic carbocycles. The lowest BCUT2D eigenvalue weighted by atomic mass is 9.87. The van der Waals surface area contributed by atoms with E-state index in [1.165, 1.54) is 17.7 Å². The summed E-state index contributed by atoms with van der Waals surface area (Å²) in [6, 6.07) is 8.07. The van der Waals surface area contributed by atoms with Gasteiger partial charge in [-0.3, -0.25) is 10.1 Å². The molecule has 0 unspecified atom stereocenters. The Balaban J connectivity index is 2.00. The fourth-order valence-electron chi connectivity index (χ4n) is 2.25. The van der Waals surface area contributed by atoms with Gasteiger partial charge in [0.1, 0.15) is 11.5 Å². The molecule has 0 aliphatic carbocycles. The average molecular weight is 385 g/mol. The molecule has 0 saturated carbocycles. The summed E-state index contributed by atoms with van der Waals surface area (Å²) in [6.45, 7) is 11.8. The molecular formula is C21H24N2O3S. The van der Waals surface area contributed by atoms with Gasteiger partial charge in [-0.2, -0.15) is 0 Å². The molecule has 6 heteroatoms. The third-order valence-electron chi connectivity index (χ3n) is 3.75. The van der Waals surface area contributed by atoms with Crippen molar-refractivity contribution >= 4 is 34.4 Å². The molecule has 142 valence electrons. The number of amides is 1. The number of ether oxygens (including phenoxy) is 1. The smallest absolute Gasteiger partial charge is 0.350 e. The van der Waals surface area contributed by atoms with Gasteiger partial charge in [0.2, 0.25) is 5.91 Å². The van der Waals surface area contributed by atoms with Crippen LogP contribution in [-0.4, -0.2) is 23.5 Å². The largest absolute Gasteiger partial charge is 0.457 e. The number of hydrogen-bond acceptors (Lipinski definition) is 5. The molecule has 1 N–H and O–H groups in total. The Labute approximate surface area is 163 Å². The minimum atomic E-state index is -0.472. The Morgan fingerprint density at radius 3 is 2.52 bits per heavy atom. The van der Waals surface area contributed by atoms with E-state index in [0.717, 1.165) is 16.9 Å². The summed E-state index contributed by atoms with van der Waals surface area (Å²) >= 11 is 1.09. The Bertz CT molecular complexity index is 859. The average Bonchev–Trinajstić information content (AvgIpc) is 2.97. The van der Waals surface area contributed by atoms with Crippen LogP contribution in [-0.2, 0) is 14.9 Å². The quantitative estimate of drug-likeness (QED) is 0.444. The Kier molecular flexibility index (Phi) is 6.69. The normalized spacial score (nSPS) is 11.4. The van der Waals surface area contributed by atoms with Crippen molar-refractivity contribution in [3.63, 3.8) is 0 Å². The molecule has 1 heterocycles. The Morgan fingerprint density at radius 1 is 1.26 bits per heavy atom. The number of nitrogens with zero attached hydrogens (tertiary/aromatic N) is 1. The summed E-state index contributed by atoms with van der Waals surface area (Å²) in [7, 11) is 0. The molecular weight excluding hydrogens is 360 g/mol. The van der Waals surface area contributed by atoms with E-state index >= 15 is 0 Å². The van der Waals surface area contributed by atoms with Crippen LogP contribution in [0.2, 0.25) is 0 Å². The third kappa shape index (κ3) is 5.89. The molecule has 2 aromatic rings. The number of esters is 1. The molecule has 0 bridgehead atoms. The van der Waals surface area contributed by atoms with Crippen LogP contribution in [0.4, 0.5) is 5.13 Å². The summed E-state index contributed by atoms with van der Waals surface area (Å²) in [5.41, 5.74) is 2.78. The first-order chi connectivity index (χ1) is 12.7. The maximum atomic E-state index is 12.1. The van der Waals surface area contributed by atoms with E-state index in [4.69, 9.17) is 4.74 Å². The number of carbonyl (C=O) groups is 2. The highest BCUT2D eigenvalue weighted by Crippen LogP contribution is 2.24. The number of aromatic nitrogens is 1. The second kappa shape index (κ2) is 8.77. The third-order valence-corrected chi connectivity index (χ3v) is 4.80. The molecule has 0 radical (unpaired) electrons. The first kappa shape index (κ1) is 20.6. The van der Waals surface area contributed by atoms with Crippen molar-refractivity contribution in [1.29, 1.82) is 0 Å². The van der Waals surface area contributed by atoms with Gasteiger partial charge in [0.25, 0.3) is 0 Å². The van der Waals surface area contributed by atoms with Gasteiger partial charge in [-0.1, -0.05) is 69.0 Å². The zero-order valence-corrected chi connectivity index (χ0v) is 16.9. The SMILES string of the molecule is C=CCOC(=O)c1sc(NC(=O)C=Cc2ccc(C(C)(C)C)cc2)nc1C. The van der Waals surface area contributed by atoms with Crippen LogP contribution in [0, 0.1) is 6.92 Å². The summed E-state index contributed by atoms with van der Waals surface area (Å²) in [6.07, 6.45) is 4.68. The highest BCUT2D eigenvalue weighted by molar-refractivity contribution is 7.17. The predicted molar refractivity (Wildman–Crippen MR) is 110 cm³/mol. The van der Waals surface area contributed by atoms with Gasteiger partial charge in [0.15, 0.2) is 5.13 Å². The molecule has 2 rings (SSSR count). The summed E-state index contributed by atoms with van der Waals surface area (Å²) in [5, 5.41) is 3.03. The molecule has 0 spiro atoms. The lowest BCUT2D eigenvalue weighted by molar-refractivity contribution is -0.111. The number of carbonyl (C=O) groups excluding carboxylic acids is 2. The number of rotatable bonds is 6. The van der Waals surface area contributed by atoms with Crippen molar-refractivity contribution in [2.75, 3.05) is 11.9 Å². The van der Waals surface area contributed by atoms with Crippen LogP contribution in [0.3, 0.4) is 0 Å². The van der Waals surface area contributed by atoms with Crippen molar-refractivity contribution < 1.29 is 14.3 Å². The van der Waals surface area contributed by atoms with E-state index in [1.54, 1.807) is 13.0 Å². The number of benzene rings is 1. The molecule has 1 amide bonds. The highest BCUT2D eigenvalue weighted by atomic mass is 32.1. The second-order valence-corrected chi connectivity index (χ2v) is 8.01. The van der Waals surface area contributed by atoms with Gasteiger partial charge in [-0.25, -0.2) is 9.78 Å². The van der Waals surface area contributed by atoms with Gasteiger partial charge in [0.05, 0.1) is 5.69 Å². The molecule has 0 fully saturated rings. The summed E-state index contributed by atoms with van der Waals surface area (Å²) < 4.78 is 5.00. The predicted octanol–water partition coefficient (Wildman–Crippen LogP) is 4.74. The van der Waals surface area contributed by atoms with Gasteiger partial charge in [-0.15, -0.1) is 0 Å². The van der Waals surface area contributed by atoms with Crippen LogP contribution in [0.5, 0.6) is 0 Å². The lowest BCUT2D eigenvalue weighted by Gasteiger charge is -2.18. The van der Waals surface area contributed by atoms with E-state index in [9.17, 15) is 9.59 Å². The van der Waals surface area contributed by atoms with Crippen LogP contribution < -0.4 is 5.32 Å². The second-order valence-electron chi connectivity index (χ2n) is 7.02. The van der Waals surface area contributed by atoms with Crippen LogP contribution >= 0.6 is 11.3 Å². The topological polar surface area (TPSA) is 68.3 Å². The maximum Gasteiger partial charge on any atom is 0.350 e. The molecule has 5 nitrogen and oxygen atoms in total. The minimum Gasteiger partial charge on any atom is -0.457 e. The molecule has 0 saturated heterocycles. The Morgan fingerprint density at radius 2 is 1.93 bits per heavy atom. The maximum absolute atomic E-state index is 12.1. The van der Waals surface area contributed by atoms with Crippen molar-refractivity contribution in [1.82, 2.24) is 4.98 Å². The van der Waals surface area contributed by atoms with E-state index < -0.39 is 5.97 Å². The summed E-state index contributed by atoms with van der Waals surface area (Å²) in [4.78, 5) is 28.6. The van der Waals surface area contributed by atoms with E-state index in [0.29, 0.717) is 15.7 Å². The first-order valence-corrected chi connectivity index (χ1v) is 9.37. The molecule has 0 atom stereocenters. The lowest BCUT2D eigenvalue weighted by Crippen LogP contribution is -2.10. The molecule has 27 heavy (non-hydrogen) atoms. The van der Waals surface area contributed by atoms with Crippen molar-refractivity contribution in [2.24, 2.45) is 0 Å². The van der Waals surface area contributed by atoms with Crippen molar-refractivity contribution in [2.45, 2.75) is 33.1 Å². The van der Waals surface area contributed by atoms with Crippen LogP contribution in [0.25, 0.3) is 6.08 Å². The number of anilines is 1. The molecule has 0 aliphatic heterocycles. The van der Waals surface area contributed by atoms with Gasteiger partial charge >= 0.3 is 5.97 Å². The monoisotopic (exact) mass is 384 g/mol. The number of nitrogens with one attached hydrogen (secondary N) is 1. The number of aryl methyl sites for hydroxylation is 1. The Hall–Kier alpha value is -2.73. The van der Waals surface area contributed by atoms with Crippen LogP contribution in [0.15, 0.2) is 43.0 Å². The zero-order chi connectivity index (χ0) is 20.0. The molecule has 1 aromatic heterocycles. The molecule has 0 aliphatic rings. The zero-order valence-electron chi connectivity index (χ0n) is 16.0. The van der Waals surface area contributed by atoms with Crippen molar-refractivity contribution in [3.8, 4) is 0 Å². The van der Waals surface area contributed by atoms with E-state index in [-0.39, 0.29) is 17.9 Å². The van der Waals surface area contributed by atoms with E-state index in [2.05, 4.69) is 49.8 Å².